The highest BCUT2D eigenvalue weighted by Gasteiger charge is 2.25. The number of fused-ring (bicyclic) bond motifs is 1. The summed E-state index contributed by atoms with van der Waals surface area (Å²) in [4.78, 5) is 24.3. The highest BCUT2D eigenvalue weighted by molar-refractivity contribution is 5.92. The molecule has 3 rings (SSSR count). The van der Waals surface area contributed by atoms with E-state index < -0.39 is 11.6 Å². The number of carbonyl (C=O) groups is 2. The normalized spacial score (nSPS) is 15.0. The predicted octanol–water partition coefficient (Wildman–Crippen LogP) is 3.30. The van der Waals surface area contributed by atoms with Crippen molar-refractivity contribution in [2.24, 2.45) is 0 Å². The molecule has 0 unspecified atom stereocenters. The Morgan fingerprint density at radius 3 is 2.39 bits per heavy atom. The molecular weight excluding hydrogens is 366 g/mol. The maximum absolute atomic E-state index is 11.5. The van der Waals surface area contributed by atoms with Crippen LogP contribution in [0.5, 0.6) is 5.75 Å². The molecular formula is C20H27NO7. The number of ether oxygens (including phenoxy) is 2. The van der Waals surface area contributed by atoms with Crippen LogP contribution in [0.4, 0.5) is 4.79 Å². The maximum atomic E-state index is 11.5. The third kappa shape index (κ3) is 6.16. The summed E-state index contributed by atoms with van der Waals surface area (Å²) in [6, 6.07) is 6.21. The van der Waals surface area contributed by atoms with Gasteiger partial charge in [0.1, 0.15) is 16.9 Å². The van der Waals surface area contributed by atoms with Gasteiger partial charge in [0.15, 0.2) is 0 Å². The summed E-state index contributed by atoms with van der Waals surface area (Å²) < 4.78 is 14.9. The minimum Gasteiger partial charge on any atom is -0.508 e. The Bertz CT molecular complexity index is 814. The van der Waals surface area contributed by atoms with Crippen molar-refractivity contribution >= 4 is 23.0 Å². The van der Waals surface area contributed by atoms with Crippen LogP contribution in [0.1, 0.15) is 44.2 Å². The van der Waals surface area contributed by atoms with Crippen LogP contribution in [0, 0.1) is 0 Å². The predicted molar refractivity (Wildman–Crippen MR) is 102 cm³/mol. The molecule has 28 heavy (non-hydrogen) atoms. The van der Waals surface area contributed by atoms with E-state index in [1.807, 2.05) is 20.8 Å². The van der Waals surface area contributed by atoms with Crippen LogP contribution in [0.2, 0.25) is 0 Å². The molecule has 1 aromatic carbocycles. The summed E-state index contributed by atoms with van der Waals surface area (Å²) >= 11 is 0. The minimum absolute atomic E-state index is 0.100. The zero-order chi connectivity index (χ0) is 20.9. The highest BCUT2D eigenvalue weighted by Crippen LogP contribution is 2.23. The number of likely N-dealkylation sites (tertiary alicyclic amines) is 1. The molecule has 0 bridgehead atoms. The maximum Gasteiger partial charge on any atom is 0.410 e. The molecule has 2 N–H and O–H groups in total. The van der Waals surface area contributed by atoms with E-state index in [0.29, 0.717) is 31.5 Å². The number of aliphatic hydroxyl groups excluding tert-OH is 1. The van der Waals surface area contributed by atoms with E-state index in [1.54, 1.807) is 17.0 Å². The van der Waals surface area contributed by atoms with Gasteiger partial charge in [-0.25, -0.2) is 9.59 Å². The first-order valence-electron chi connectivity index (χ1n) is 9.06. The van der Waals surface area contributed by atoms with Crippen LogP contribution >= 0.6 is 0 Å². The van der Waals surface area contributed by atoms with Crippen molar-refractivity contribution in [3.05, 3.63) is 30.0 Å². The first-order chi connectivity index (χ1) is 13.1. The van der Waals surface area contributed by atoms with E-state index in [2.05, 4.69) is 4.74 Å². The van der Waals surface area contributed by atoms with Crippen LogP contribution in [0.15, 0.2) is 28.7 Å². The largest absolute Gasteiger partial charge is 0.508 e. The highest BCUT2D eigenvalue weighted by atomic mass is 16.6. The number of nitrogens with zero attached hydrogens (tertiary/aromatic N) is 1. The van der Waals surface area contributed by atoms with Gasteiger partial charge in [-0.1, -0.05) is 0 Å². The molecule has 0 saturated carbocycles. The van der Waals surface area contributed by atoms with Gasteiger partial charge < -0.3 is 29.0 Å². The van der Waals surface area contributed by atoms with Crippen LogP contribution in [0.25, 0.3) is 11.0 Å². The number of hydrogen-bond donors (Lipinski definition) is 2. The molecule has 154 valence electrons. The summed E-state index contributed by atoms with van der Waals surface area (Å²) in [5.74, 6) is -0.294. The fraction of sp³-hybridized carbons (Fsp3) is 0.500. The van der Waals surface area contributed by atoms with Gasteiger partial charge in [0.2, 0.25) is 5.76 Å². The Labute approximate surface area is 163 Å². The Kier molecular flexibility index (Phi) is 6.90. The van der Waals surface area contributed by atoms with Crippen molar-refractivity contribution in [2.75, 3.05) is 20.2 Å². The fourth-order valence-electron chi connectivity index (χ4n) is 2.60. The number of phenols is 1. The Hall–Kier alpha value is -2.74. The molecule has 8 nitrogen and oxygen atoms in total. The minimum atomic E-state index is -0.527. The molecule has 1 amide bonds. The third-order valence-corrected chi connectivity index (χ3v) is 4.01. The van der Waals surface area contributed by atoms with Gasteiger partial charge in [0.25, 0.3) is 0 Å². The molecule has 1 aliphatic heterocycles. The molecule has 1 saturated heterocycles. The number of rotatable bonds is 1. The first kappa shape index (κ1) is 21.6. The summed E-state index contributed by atoms with van der Waals surface area (Å²) in [5, 5.41) is 19.2. The lowest BCUT2D eigenvalue weighted by molar-refractivity contribution is 0.0100. The fourth-order valence-corrected chi connectivity index (χ4v) is 2.60. The topological polar surface area (TPSA) is 109 Å². The molecule has 1 fully saturated rings. The lowest BCUT2D eigenvalue weighted by atomic mass is 10.1. The molecule has 1 aromatic heterocycles. The smallest absolute Gasteiger partial charge is 0.410 e. The van der Waals surface area contributed by atoms with E-state index in [0.717, 1.165) is 5.39 Å². The zero-order valence-corrected chi connectivity index (χ0v) is 16.6. The number of aliphatic hydroxyl groups is 1. The number of benzene rings is 1. The second kappa shape index (κ2) is 8.97. The summed E-state index contributed by atoms with van der Waals surface area (Å²) in [5.41, 5.74) is 0.0260. The van der Waals surface area contributed by atoms with Gasteiger partial charge in [-0.3, -0.25) is 0 Å². The number of esters is 1. The van der Waals surface area contributed by atoms with Crippen molar-refractivity contribution in [1.29, 1.82) is 0 Å². The van der Waals surface area contributed by atoms with Gasteiger partial charge in [-0.05, 0) is 51.8 Å². The Morgan fingerprint density at radius 1 is 1.18 bits per heavy atom. The van der Waals surface area contributed by atoms with Crippen molar-refractivity contribution in [3.63, 3.8) is 0 Å². The monoisotopic (exact) mass is 393 g/mol. The molecule has 0 atom stereocenters. The molecule has 0 aliphatic carbocycles. The number of hydrogen-bond acceptors (Lipinski definition) is 7. The van der Waals surface area contributed by atoms with Crippen LogP contribution in [-0.4, -0.2) is 59.1 Å². The van der Waals surface area contributed by atoms with E-state index in [4.69, 9.17) is 14.3 Å². The van der Waals surface area contributed by atoms with Crippen molar-refractivity contribution in [1.82, 2.24) is 4.90 Å². The molecule has 0 radical (unpaired) electrons. The Morgan fingerprint density at radius 2 is 1.82 bits per heavy atom. The van der Waals surface area contributed by atoms with Gasteiger partial charge in [-0.2, -0.15) is 0 Å². The lowest BCUT2D eigenvalue weighted by Crippen LogP contribution is -2.42. The summed E-state index contributed by atoms with van der Waals surface area (Å²) in [6.07, 6.45) is 0.775. The van der Waals surface area contributed by atoms with Crippen molar-refractivity contribution in [3.8, 4) is 5.75 Å². The quantitative estimate of drug-likeness (QED) is 0.715. The van der Waals surface area contributed by atoms with E-state index >= 15 is 0 Å². The average molecular weight is 393 g/mol. The third-order valence-electron chi connectivity index (χ3n) is 4.01. The summed E-state index contributed by atoms with van der Waals surface area (Å²) in [7, 11) is 1.28. The molecule has 2 aromatic rings. The number of methoxy groups -OCH3 is 1. The summed E-state index contributed by atoms with van der Waals surface area (Å²) in [6.45, 7) is 6.74. The molecule has 1 aliphatic rings. The van der Waals surface area contributed by atoms with Gasteiger partial charge >= 0.3 is 12.1 Å². The SMILES string of the molecule is CC(C)(C)OC(=O)N1CCC(O)CC1.COC(=O)c1cc2ccc(O)cc2o1. The number of furan rings is 1. The van der Waals surface area contributed by atoms with Crippen LogP contribution in [0.3, 0.4) is 0 Å². The van der Waals surface area contributed by atoms with Crippen LogP contribution in [-0.2, 0) is 9.47 Å². The van der Waals surface area contributed by atoms with Gasteiger partial charge in [0.05, 0.1) is 13.2 Å². The first-order valence-corrected chi connectivity index (χ1v) is 9.06. The average Bonchev–Trinajstić information content (AvgIpc) is 3.04. The van der Waals surface area contributed by atoms with Gasteiger partial charge in [-0.15, -0.1) is 0 Å². The number of carbonyl (C=O) groups excluding carboxylic acids is 2. The second-order valence-electron chi connectivity index (χ2n) is 7.52. The van der Waals surface area contributed by atoms with Gasteiger partial charge in [0, 0.05) is 24.5 Å². The standard InChI is InChI=1S/C10H19NO3.C10H8O4/c1-10(2,3)14-9(13)11-6-4-8(12)5-7-11;1-13-10(12)9-4-6-2-3-7(11)5-8(6)14-9/h8,12H,4-7H2,1-3H3;2-5,11H,1H3. The zero-order valence-electron chi connectivity index (χ0n) is 16.6. The lowest BCUT2D eigenvalue weighted by Gasteiger charge is -2.31. The second-order valence-corrected chi connectivity index (χ2v) is 7.52. The molecule has 8 heteroatoms. The number of piperidine rings is 1. The van der Waals surface area contributed by atoms with E-state index in [9.17, 15) is 14.7 Å². The Balaban J connectivity index is 0.000000200. The molecule has 0 spiro atoms. The molecule has 2 heterocycles. The van der Waals surface area contributed by atoms with E-state index in [-0.39, 0.29) is 23.7 Å². The van der Waals surface area contributed by atoms with Crippen molar-refractivity contribution < 1.29 is 33.7 Å². The van der Waals surface area contributed by atoms with Crippen molar-refractivity contribution in [2.45, 2.75) is 45.3 Å². The number of phenolic OH excluding ortho intramolecular Hbond substituents is 1. The van der Waals surface area contributed by atoms with E-state index in [1.165, 1.54) is 19.2 Å². The number of aromatic hydroxyl groups is 1. The van der Waals surface area contributed by atoms with Crippen LogP contribution < -0.4 is 0 Å². The number of amides is 1.